The summed E-state index contributed by atoms with van der Waals surface area (Å²) in [6.45, 7) is 21.1. The largest absolute Gasteiger partial charge is 0.413 e. The quantitative estimate of drug-likeness (QED) is 0.329. The van der Waals surface area contributed by atoms with Gasteiger partial charge in [0.05, 0.1) is 6.10 Å². The predicted octanol–water partition coefficient (Wildman–Crippen LogP) is 7.71. The highest BCUT2D eigenvalue weighted by atomic mass is 28.4. The van der Waals surface area contributed by atoms with E-state index >= 15 is 0 Å². The lowest BCUT2D eigenvalue weighted by molar-refractivity contribution is -0.119. The predicted molar refractivity (Wildman–Crippen MR) is 132 cm³/mol. The van der Waals surface area contributed by atoms with E-state index in [1.54, 1.807) is 0 Å². The smallest absolute Gasteiger partial charge is 0.192 e. The second-order valence-electron chi connectivity index (χ2n) is 13.3. The molecule has 0 spiro atoms. The molecule has 174 valence electrons. The fraction of sp³-hybridized carbons (Fsp3) is 0.821. The lowest BCUT2D eigenvalue weighted by Crippen LogP contribution is -2.55. The van der Waals surface area contributed by atoms with Gasteiger partial charge in [-0.05, 0) is 104 Å². The van der Waals surface area contributed by atoms with Gasteiger partial charge in [-0.3, -0.25) is 4.79 Å². The molecule has 0 amide bonds. The van der Waals surface area contributed by atoms with E-state index in [1.165, 1.54) is 31.3 Å². The Kier molecular flexibility index (Phi) is 5.82. The van der Waals surface area contributed by atoms with Crippen molar-refractivity contribution in [3.8, 4) is 0 Å². The lowest BCUT2D eigenvalue weighted by atomic mass is 9.44. The van der Waals surface area contributed by atoms with Crippen molar-refractivity contribution in [2.75, 3.05) is 0 Å². The number of hydrogen-bond donors (Lipinski definition) is 0. The van der Waals surface area contributed by atoms with Gasteiger partial charge in [-0.15, -0.1) is 6.58 Å². The molecule has 2 nitrogen and oxygen atoms in total. The van der Waals surface area contributed by atoms with Crippen LogP contribution in [0.15, 0.2) is 24.3 Å². The number of carbonyl (C=O) groups is 1. The Bertz CT molecular complexity index is 774. The molecule has 7 atom stereocenters. The number of allylic oxidation sites excluding steroid dienone is 2. The van der Waals surface area contributed by atoms with Gasteiger partial charge in [0, 0.05) is 6.42 Å². The minimum atomic E-state index is -1.78. The zero-order valence-electron chi connectivity index (χ0n) is 21.2. The van der Waals surface area contributed by atoms with Gasteiger partial charge in [0.25, 0.3) is 0 Å². The molecule has 0 aliphatic heterocycles. The van der Waals surface area contributed by atoms with E-state index in [1.807, 2.05) is 6.08 Å². The molecule has 0 heterocycles. The normalized spacial score (nSPS) is 43.0. The zero-order valence-corrected chi connectivity index (χ0v) is 22.2. The topological polar surface area (TPSA) is 26.3 Å². The van der Waals surface area contributed by atoms with Crippen LogP contribution in [0, 0.1) is 34.5 Å². The average molecular weight is 443 g/mol. The highest BCUT2D eigenvalue weighted by Gasteiger charge is 2.62. The van der Waals surface area contributed by atoms with Gasteiger partial charge in [-0.2, -0.15) is 0 Å². The van der Waals surface area contributed by atoms with E-state index < -0.39 is 8.32 Å². The number of ketones is 1. The van der Waals surface area contributed by atoms with E-state index in [4.69, 9.17) is 4.43 Å². The first-order valence-corrected chi connectivity index (χ1v) is 15.8. The van der Waals surface area contributed by atoms with Crippen molar-refractivity contribution in [2.45, 2.75) is 110 Å². The molecule has 0 aromatic heterocycles. The van der Waals surface area contributed by atoms with Crippen LogP contribution in [0.3, 0.4) is 0 Å². The third-order valence-electron chi connectivity index (χ3n) is 10.8. The van der Waals surface area contributed by atoms with E-state index in [0.717, 1.165) is 43.4 Å². The molecule has 0 saturated heterocycles. The highest BCUT2D eigenvalue weighted by Crippen LogP contribution is 2.67. The molecular formula is C28H46O2Si. The van der Waals surface area contributed by atoms with E-state index in [-0.39, 0.29) is 10.5 Å². The minimum Gasteiger partial charge on any atom is -0.413 e. The molecule has 3 fully saturated rings. The SMILES string of the molecule is C=CC[C@@H]1CC2=CC(=O)CC[C@]2(C)C2CC[C@@]3(C)C(CC[C@@H]3O[Si](C)(C)C(C)(C)C)C21. The Balaban J connectivity index is 1.66. The maximum absolute atomic E-state index is 12.3. The Morgan fingerprint density at radius 2 is 1.87 bits per heavy atom. The Morgan fingerprint density at radius 1 is 1.16 bits per heavy atom. The van der Waals surface area contributed by atoms with Crippen LogP contribution in [0.5, 0.6) is 0 Å². The number of carbonyl (C=O) groups excluding carboxylic acids is 1. The van der Waals surface area contributed by atoms with Gasteiger partial charge in [0.2, 0.25) is 0 Å². The Hall–Kier alpha value is -0.673. The Morgan fingerprint density at radius 3 is 2.52 bits per heavy atom. The van der Waals surface area contributed by atoms with Gasteiger partial charge in [-0.1, -0.05) is 46.3 Å². The fourth-order valence-electron chi connectivity index (χ4n) is 7.84. The average Bonchev–Trinajstić information content (AvgIpc) is 2.98. The van der Waals surface area contributed by atoms with Crippen molar-refractivity contribution in [2.24, 2.45) is 34.5 Å². The van der Waals surface area contributed by atoms with Crippen LogP contribution in [-0.4, -0.2) is 20.2 Å². The zero-order chi connectivity index (χ0) is 22.8. The van der Waals surface area contributed by atoms with Crippen molar-refractivity contribution in [3.63, 3.8) is 0 Å². The van der Waals surface area contributed by atoms with Gasteiger partial charge in [-0.25, -0.2) is 0 Å². The molecule has 3 saturated carbocycles. The maximum Gasteiger partial charge on any atom is 0.192 e. The summed E-state index contributed by atoms with van der Waals surface area (Å²) in [6, 6.07) is 0. The van der Waals surface area contributed by atoms with Gasteiger partial charge < -0.3 is 4.43 Å². The van der Waals surface area contributed by atoms with Crippen molar-refractivity contribution >= 4 is 14.1 Å². The summed E-state index contributed by atoms with van der Waals surface area (Å²) in [5.74, 6) is 3.22. The summed E-state index contributed by atoms with van der Waals surface area (Å²) in [4.78, 5) is 12.3. The van der Waals surface area contributed by atoms with E-state index in [9.17, 15) is 4.79 Å². The second kappa shape index (κ2) is 7.69. The first-order chi connectivity index (χ1) is 14.3. The van der Waals surface area contributed by atoms with Gasteiger partial charge in [0.15, 0.2) is 14.1 Å². The monoisotopic (exact) mass is 442 g/mol. The molecule has 31 heavy (non-hydrogen) atoms. The summed E-state index contributed by atoms with van der Waals surface area (Å²) >= 11 is 0. The third-order valence-corrected chi connectivity index (χ3v) is 15.2. The molecule has 0 N–H and O–H groups in total. The van der Waals surface area contributed by atoms with Crippen LogP contribution in [0.4, 0.5) is 0 Å². The molecule has 0 aromatic carbocycles. The molecule has 3 heteroatoms. The van der Waals surface area contributed by atoms with Crippen LogP contribution in [-0.2, 0) is 9.22 Å². The minimum absolute atomic E-state index is 0.232. The van der Waals surface area contributed by atoms with Crippen molar-refractivity contribution in [1.82, 2.24) is 0 Å². The van der Waals surface area contributed by atoms with Crippen LogP contribution in [0.2, 0.25) is 18.1 Å². The summed E-state index contributed by atoms with van der Waals surface area (Å²) in [6.07, 6.45) is 13.7. The van der Waals surface area contributed by atoms with Gasteiger partial charge in [0.1, 0.15) is 0 Å². The third kappa shape index (κ3) is 3.66. The van der Waals surface area contributed by atoms with E-state index in [0.29, 0.717) is 23.2 Å². The van der Waals surface area contributed by atoms with Crippen molar-refractivity contribution in [1.29, 1.82) is 0 Å². The van der Waals surface area contributed by atoms with Crippen molar-refractivity contribution in [3.05, 3.63) is 24.3 Å². The summed E-state index contributed by atoms with van der Waals surface area (Å²) in [5, 5.41) is 0.261. The van der Waals surface area contributed by atoms with Crippen LogP contribution >= 0.6 is 0 Å². The van der Waals surface area contributed by atoms with Crippen molar-refractivity contribution < 1.29 is 9.22 Å². The standard InChI is InChI=1S/C28H46O2Si/c1-9-10-19-17-20-18-21(29)13-15-27(20,5)23-14-16-28(6)22(25(19)23)11-12-24(28)30-31(7,8)26(2,3)4/h9,18-19,22-25H,1,10-17H2,2-8H3/t19-,22?,23?,24+,25?,27+,28+/m1/s1. The number of rotatable bonds is 4. The van der Waals surface area contributed by atoms with Gasteiger partial charge >= 0.3 is 0 Å². The van der Waals surface area contributed by atoms with Crippen LogP contribution < -0.4 is 0 Å². The molecule has 3 unspecified atom stereocenters. The molecule has 4 aliphatic carbocycles. The summed E-state index contributed by atoms with van der Waals surface area (Å²) < 4.78 is 7.12. The fourth-order valence-corrected chi connectivity index (χ4v) is 9.29. The second-order valence-corrected chi connectivity index (χ2v) is 18.1. The molecule has 0 radical (unpaired) electrons. The molecule has 0 aromatic rings. The van der Waals surface area contributed by atoms with Crippen LogP contribution in [0.1, 0.15) is 86.0 Å². The summed E-state index contributed by atoms with van der Waals surface area (Å²) in [5.41, 5.74) is 2.00. The molecule has 4 aliphatic rings. The molecule has 4 rings (SSSR count). The van der Waals surface area contributed by atoms with Crippen LogP contribution in [0.25, 0.3) is 0 Å². The highest BCUT2D eigenvalue weighted by molar-refractivity contribution is 6.74. The lowest BCUT2D eigenvalue weighted by Gasteiger charge is -2.60. The molecular weight excluding hydrogens is 396 g/mol. The molecule has 0 bridgehead atoms. The number of hydrogen-bond acceptors (Lipinski definition) is 2. The first-order valence-electron chi connectivity index (χ1n) is 12.9. The summed E-state index contributed by atoms with van der Waals surface area (Å²) in [7, 11) is -1.78. The first kappa shape index (κ1) is 23.5. The number of fused-ring (bicyclic) bond motifs is 5. The Labute approximate surface area is 192 Å². The maximum atomic E-state index is 12.3. The van der Waals surface area contributed by atoms with E-state index in [2.05, 4.69) is 60.4 Å².